The lowest BCUT2D eigenvalue weighted by Crippen LogP contribution is -2.43. The van der Waals surface area contributed by atoms with E-state index in [1.54, 1.807) is 0 Å². The van der Waals surface area contributed by atoms with Crippen LogP contribution in [0.4, 0.5) is 0 Å². The average Bonchev–Trinajstić information content (AvgIpc) is 2.47. The molecule has 2 nitrogen and oxygen atoms in total. The molecule has 1 heterocycles. The van der Waals surface area contributed by atoms with Gasteiger partial charge in [-0.05, 0) is 74.7 Å². The molecule has 2 aliphatic rings. The van der Waals surface area contributed by atoms with Gasteiger partial charge in [0.15, 0.2) is 0 Å². The van der Waals surface area contributed by atoms with Crippen molar-refractivity contribution in [3.8, 4) is 0 Å². The summed E-state index contributed by atoms with van der Waals surface area (Å²) in [4.78, 5) is 0. The van der Waals surface area contributed by atoms with Crippen LogP contribution in [0.25, 0.3) is 0 Å². The van der Waals surface area contributed by atoms with Crippen LogP contribution in [-0.4, -0.2) is 25.8 Å². The zero-order valence-corrected chi connectivity index (χ0v) is 14.8. The van der Waals surface area contributed by atoms with Crippen molar-refractivity contribution < 1.29 is 4.74 Å². The summed E-state index contributed by atoms with van der Waals surface area (Å²) < 4.78 is 6.24. The average molecular weight is 296 g/mol. The largest absolute Gasteiger partial charge is 0.378 e. The minimum absolute atomic E-state index is 0.487. The minimum atomic E-state index is 0.487. The smallest absolute Gasteiger partial charge is 0.0643 e. The predicted molar refractivity (Wildman–Crippen MR) is 90.5 cm³/mol. The molecule has 1 aliphatic heterocycles. The van der Waals surface area contributed by atoms with Crippen molar-refractivity contribution in [2.24, 2.45) is 23.2 Å². The number of ether oxygens (including phenoxy) is 1. The number of hydrogen-bond acceptors (Lipinski definition) is 2. The standard InChI is InChI=1S/C19H37NO/c1-5-12-20-14-16-7-6-13-21-18(16)15-8-10-17(11-9-15)19(2,3)4/h15-18,20H,5-14H2,1-4H3. The third-order valence-electron chi connectivity index (χ3n) is 5.79. The van der Waals surface area contributed by atoms with Gasteiger partial charge in [0, 0.05) is 13.2 Å². The molecule has 2 heteroatoms. The van der Waals surface area contributed by atoms with Crippen LogP contribution < -0.4 is 5.32 Å². The van der Waals surface area contributed by atoms with Gasteiger partial charge in [-0.25, -0.2) is 0 Å². The van der Waals surface area contributed by atoms with E-state index in [0.29, 0.717) is 11.5 Å². The predicted octanol–water partition coefficient (Wildman–Crippen LogP) is 4.63. The van der Waals surface area contributed by atoms with E-state index < -0.39 is 0 Å². The number of rotatable bonds is 5. The highest BCUT2D eigenvalue weighted by atomic mass is 16.5. The molecule has 0 spiro atoms. The van der Waals surface area contributed by atoms with E-state index >= 15 is 0 Å². The zero-order chi connectivity index (χ0) is 15.3. The lowest BCUT2D eigenvalue weighted by atomic mass is 9.67. The topological polar surface area (TPSA) is 21.3 Å². The van der Waals surface area contributed by atoms with Gasteiger partial charge in [0.2, 0.25) is 0 Å². The van der Waals surface area contributed by atoms with Crippen LogP contribution in [0, 0.1) is 23.2 Å². The first kappa shape index (κ1) is 17.3. The first-order chi connectivity index (χ1) is 10.0. The van der Waals surface area contributed by atoms with Gasteiger partial charge in [-0.2, -0.15) is 0 Å². The van der Waals surface area contributed by atoms with E-state index in [0.717, 1.165) is 37.5 Å². The molecule has 0 bridgehead atoms. The summed E-state index contributed by atoms with van der Waals surface area (Å²) >= 11 is 0. The molecule has 124 valence electrons. The maximum absolute atomic E-state index is 6.24. The highest BCUT2D eigenvalue weighted by Crippen LogP contribution is 2.43. The molecule has 1 saturated heterocycles. The minimum Gasteiger partial charge on any atom is -0.378 e. The van der Waals surface area contributed by atoms with Crippen LogP contribution >= 0.6 is 0 Å². The molecule has 2 fully saturated rings. The summed E-state index contributed by atoms with van der Waals surface area (Å²) in [6, 6.07) is 0. The molecule has 2 unspecified atom stereocenters. The Bertz CT molecular complexity index is 288. The van der Waals surface area contributed by atoms with Crippen molar-refractivity contribution in [3.63, 3.8) is 0 Å². The molecule has 0 radical (unpaired) electrons. The van der Waals surface area contributed by atoms with Crippen LogP contribution in [0.5, 0.6) is 0 Å². The fourth-order valence-electron chi connectivity index (χ4n) is 4.38. The first-order valence-electron chi connectivity index (χ1n) is 9.34. The van der Waals surface area contributed by atoms with E-state index in [4.69, 9.17) is 4.74 Å². The van der Waals surface area contributed by atoms with Crippen LogP contribution in [0.15, 0.2) is 0 Å². The van der Waals surface area contributed by atoms with Crippen molar-refractivity contribution in [2.75, 3.05) is 19.7 Å². The van der Waals surface area contributed by atoms with Crippen molar-refractivity contribution in [3.05, 3.63) is 0 Å². The lowest BCUT2D eigenvalue weighted by Gasteiger charge is -2.43. The molecule has 1 N–H and O–H groups in total. The maximum atomic E-state index is 6.24. The summed E-state index contributed by atoms with van der Waals surface area (Å²) in [6.45, 7) is 12.8. The van der Waals surface area contributed by atoms with Gasteiger partial charge < -0.3 is 10.1 Å². The second kappa shape index (κ2) is 7.97. The van der Waals surface area contributed by atoms with Crippen LogP contribution in [0.2, 0.25) is 0 Å². The molecule has 2 atom stereocenters. The van der Waals surface area contributed by atoms with E-state index in [2.05, 4.69) is 33.0 Å². The van der Waals surface area contributed by atoms with E-state index in [1.165, 1.54) is 44.9 Å². The van der Waals surface area contributed by atoms with Crippen LogP contribution in [0.1, 0.15) is 72.6 Å². The molecule has 0 aromatic carbocycles. The Balaban J connectivity index is 1.84. The Morgan fingerprint density at radius 1 is 1.05 bits per heavy atom. The van der Waals surface area contributed by atoms with Crippen molar-refractivity contribution in [1.82, 2.24) is 5.32 Å². The van der Waals surface area contributed by atoms with Crippen molar-refractivity contribution >= 4 is 0 Å². The third kappa shape index (κ3) is 4.96. The van der Waals surface area contributed by atoms with Gasteiger partial charge in [-0.3, -0.25) is 0 Å². The summed E-state index contributed by atoms with van der Waals surface area (Å²) in [5, 5.41) is 3.63. The van der Waals surface area contributed by atoms with Gasteiger partial charge in [0.1, 0.15) is 0 Å². The molecule has 0 aromatic rings. The molecule has 2 rings (SSSR count). The van der Waals surface area contributed by atoms with Crippen LogP contribution in [0.3, 0.4) is 0 Å². The summed E-state index contributed by atoms with van der Waals surface area (Å²) in [7, 11) is 0. The molecule has 0 amide bonds. The second-order valence-electron chi connectivity index (χ2n) is 8.42. The maximum Gasteiger partial charge on any atom is 0.0643 e. The Labute approximate surface area is 132 Å². The van der Waals surface area contributed by atoms with Gasteiger partial charge in [0.25, 0.3) is 0 Å². The lowest BCUT2D eigenvalue weighted by molar-refractivity contribution is -0.0740. The fourth-order valence-corrected chi connectivity index (χ4v) is 4.38. The first-order valence-corrected chi connectivity index (χ1v) is 9.34. The van der Waals surface area contributed by atoms with Gasteiger partial charge >= 0.3 is 0 Å². The summed E-state index contributed by atoms with van der Waals surface area (Å²) in [5.41, 5.74) is 0.487. The van der Waals surface area contributed by atoms with Gasteiger partial charge in [0.05, 0.1) is 6.10 Å². The zero-order valence-electron chi connectivity index (χ0n) is 14.8. The van der Waals surface area contributed by atoms with Crippen LogP contribution in [-0.2, 0) is 4.74 Å². The molecule has 1 saturated carbocycles. The Morgan fingerprint density at radius 2 is 1.76 bits per heavy atom. The Morgan fingerprint density at radius 3 is 2.38 bits per heavy atom. The van der Waals surface area contributed by atoms with Crippen molar-refractivity contribution in [2.45, 2.75) is 78.7 Å². The van der Waals surface area contributed by atoms with E-state index in [-0.39, 0.29) is 0 Å². The molecule has 0 aromatic heterocycles. The van der Waals surface area contributed by atoms with E-state index in [1.807, 2.05) is 0 Å². The Kier molecular flexibility index (Phi) is 6.55. The number of hydrogen-bond donors (Lipinski definition) is 1. The molecule has 21 heavy (non-hydrogen) atoms. The van der Waals surface area contributed by atoms with Gasteiger partial charge in [-0.15, -0.1) is 0 Å². The molecule has 1 aliphatic carbocycles. The highest BCUT2D eigenvalue weighted by molar-refractivity contribution is 4.88. The highest BCUT2D eigenvalue weighted by Gasteiger charge is 2.37. The monoisotopic (exact) mass is 295 g/mol. The third-order valence-corrected chi connectivity index (χ3v) is 5.79. The Hall–Kier alpha value is -0.0800. The quantitative estimate of drug-likeness (QED) is 0.746. The van der Waals surface area contributed by atoms with Gasteiger partial charge in [-0.1, -0.05) is 27.7 Å². The molecular formula is C19H37NO. The molecular weight excluding hydrogens is 258 g/mol. The second-order valence-corrected chi connectivity index (χ2v) is 8.42. The summed E-state index contributed by atoms with van der Waals surface area (Å²) in [6.07, 6.45) is 9.96. The van der Waals surface area contributed by atoms with Crippen molar-refractivity contribution in [1.29, 1.82) is 0 Å². The van der Waals surface area contributed by atoms with E-state index in [9.17, 15) is 0 Å². The number of nitrogens with one attached hydrogen (secondary N) is 1. The fraction of sp³-hybridized carbons (Fsp3) is 1.00. The summed E-state index contributed by atoms with van der Waals surface area (Å²) in [5.74, 6) is 2.48. The SMILES string of the molecule is CCCNCC1CCCOC1C1CCC(C(C)(C)C)CC1. The normalized spacial score (nSPS) is 34.9.